The summed E-state index contributed by atoms with van der Waals surface area (Å²) in [7, 11) is 0. The lowest BCUT2D eigenvalue weighted by molar-refractivity contribution is -0.383. The molecule has 0 unspecified atom stereocenters. The number of nitro groups is 1. The molecule has 0 spiro atoms. The Morgan fingerprint density at radius 1 is 1.24 bits per heavy atom. The van der Waals surface area contributed by atoms with Crippen LogP contribution in [0.5, 0.6) is 0 Å². The molecular formula is C15H14BrN3O2. The highest BCUT2D eigenvalue weighted by molar-refractivity contribution is 9.10. The molecule has 2 N–H and O–H groups in total. The molecule has 108 valence electrons. The standard InChI is InChI=1S/C15H14BrN3O2/c16-11-4-5-15(19(20)21)14(8-11)18-13-3-1-2-10-9-17-7-6-12(10)13/h1-5,8,17-18H,6-7,9H2. The number of hydrogen-bond acceptors (Lipinski definition) is 4. The van der Waals surface area contributed by atoms with Gasteiger partial charge < -0.3 is 10.6 Å². The van der Waals surface area contributed by atoms with Crippen molar-refractivity contribution >= 4 is 33.0 Å². The molecule has 0 aromatic heterocycles. The maximum atomic E-state index is 11.2. The van der Waals surface area contributed by atoms with Gasteiger partial charge in [0.25, 0.3) is 5.69 Å². The summed E-state index contributed by atoms with van der Waals surface area (Å²) in [4.78, 5) is 10.8. The molecule has 0 amide bonds. The van der Waals surface area contributed by atoms with Crippen molar-refractivity contribution in [2.45, 2.75) is 13.0 Å². The van der Waals surface area contributed by atoms with Gasteiger partial charge >= 0.3 is 0 Å². The Labute approximate surface area is 130 Å². The van der Waals surface area contributed by atoms with Crippen molar-refractivity contribution in [2.24, 2.45) is 0 Å². The van der Waals surface area contributed by atoms with E-state index in [4.69, 9.17) is 0 Å². The van der Waals surface area contributed by atoms with Gasteiger partial charge in [0, 0.05) is 22.8 Å². The average Bonchev–Trinajstić information content (AvgIpc) is 2.47. The number of rotatable bonds is 3. The van der Waals surface area contributed by atoms with E-state index >= 15 is 0 Å². The lowest BCUT2D eigenvalue weighted by atomic mass is 9.99. The van der Waals surface area contributed by atoms with Crippen LogP contribution in [0.4, 0.5) is 17.1 Å². The molecular weight excluding hydrogens is 334 g/mol. The maximum absolute atomic E-state index is 11.2. The molecule has 2 aromatic carbocycles. The number of nitro benzene ring substituents is 1. The van der Waals surface area contributed by atoms with Crippen LogP contribution in [0.25, 0.3) is 0 Å². The predicted octanol–water partition coefficient (Wildman–Crippen LogP) is 3.75. The van der Waals surface area contributed by atoms with Crippen LogP contribution in [0, 0.1) is 10.1 Å². The minimum absolute atomic E-state index is 0.0738. The number of anilines is 2. The Bertz CT molecular complexity index is 703. The Hall–Kier alpha value is -1.92. The monoisotopic (exact) mass is 347 g/mol. The SMILES string of the molecule is O=[N+]([O-])c1ccc(Br)cc1Nc1cccc2c1CCNC2. The van der Waals surface area contributed by atoms with Gasteiger partial charge in [-0.2, -0.15) is 0 Å². The second-order valence-corrected chi connectivity index (χ2v) is 5.83. The summed E-state index contributed by atoms with van der Waals surface area (Å²) in [5.74, 6) is 0. The van der Waals surface area contributed by atoms with E-state index < -0.39 is 0 Å². The first-order valence-electron chi connectivity index (χ1n) is 6.67. The maximum Gasteiger partial charge on any atom is 0.292 e. The number of hydrogen-bond donors (Lipinski definition) is 2. The molecule has 0 atom stereocenters. The Morgan fingerprint density at radius 2 is 2.10 bits per heavy atom. The third-order valence-electron chi connectivity index (χ3n) is 3.56. The van der Waals surface area contributed by atoms with Gasteiger partial charge in [-0.1, -0.05) is 28.1 Å². The molecule has 0 saturated heterocycles. The van der Waals surface area contributed by atoms with Crippen molar-refractivity contribution < 1.29 is 4.92 Å². The van der Waals surface area contributed by atoms with Gasteiger partial charge in [0.05, 0.1) is 4.92 Å². The third-order valence-corrected chi connectivity index (χ3v) is 4.06. The van der Waals surface area contributed by atoms with Crippen LogP contribution in [0.15, 0.2) is 40.9 Å². The molecule has 2 aromatic rings. The largest absolute Gasteiger partial charge is 0.350 e. The van der Waals surface area contributed by atoms with E-state index in [1.54, 1.807) is 12.1 Å². The normalized spacial score (nSPS) is 13.6. The minimum Gasteiger partial charge on any atom is -0.350 e. The fourth-order valence-corrected chi connectivity index (χ4v) is 2.92. The van der Waals surface area contributed by atoms with E-state index in [2.05, 4.69) is 32.6 Å². The second-order valence-electron chi connectivity index (χ2n) is 4.91. The lowest BCUT2D eigenvalue weighted by Gasteiger charge is -2.21. The summed E-state index contributed by atoms with van der Waals surface area (Å²) in [6, 6.07) is 10.9. The van der Waals surface area contributed by atoms with Crippen LogP contribution in [0.1, 0.15) is 11.1 Å². The van der Waals surface area contributed by atoms with Crippen LogP contribution in [-0.2, 0) is 13.0 Å². The Morgan fingerprint density at radius 3 is 2.90 bits per heavy atom. The number of halogens is 1. The van der Waals surface area contributed by atoms with E-state index in [0.717, 1.165) is 29.7 Å². The second kappa shape index (κ2) is 5.83. The number of nitrogens with one attached hydrogen (secondary N) is 2. The van der Waals surface area contributed by atoms with Crippen LogP contribution in [-0.4, -0.2) is 11.5 Å². The number of nitrogens with zero attached hydrogens (tertiary/aromatic N) is 1. The Kier molecular flexibility index (Phi) is 3.90. The topological polar surface area (TPSA) is 67.2 Å². The molecule has 0 aliphatic carbocycles. The third kappa shape index (κ3) is 2.91. The molecule has 5 nitrogen and oxygen atoms in total. The van der Waals surface area contributed by atoms with Crippen LogP contribution in [0.3, 0.4) is 0 Å². The molecule has 0 radical (unpaired) electrons. The van der Waals surface area contributed by atoms with E-state index in [1.165, 1.54) is 17.2 Å². The van der Waals surface area contributed by atoms with Crippen molar-refractivity contribution in [2.75, 3.05) is 11.9 Å². The van der Waals surface area contributed by atoms with Gasteiger partial charge in [-0.3, -0.25) is 10.1 Å². The van der Waals surface area contributed by atoms with E-state index in [1.807, 2.05) is 12.1 Å². The number of fused-ring (bicyclic) bond motifs is 1. The van der Waals surface area contributed by atoms with Gasteiger partial charge in [-0.25, -0.2) is 0 Å². The number of benzene rings is 2. The summed E-state index contributed by atoms with van der Waals surface area (Å²) in [5, 5.41) is 17.7. The molecule has 3 rings (SSSR count). The molecule has 0 saturated carbocycles. The van der Waals surface area contributed by atoms with Gasteiger partial charge in [0.1, 0.15) is 5.69 Å². The van der Waals surface area contributed by atoms with Crippen molar-refractivity contribution in [1.82, 2.24) is 5.32 Å². The fourth-order valence-electron chi connectivity index (χ4n) is 2.56. The van der Waals surface area contributed by atoms with Crippen LogP contribution in [0.2, 0.25) is 0 Å². The summed E-state index contributed by atoms with van der Waals surface area (Å²) in [5.41, 5.74) is 3.98. The summed E-state index contributed by atoms with van der Waals surface area (Å²) >= 11 is 3.36. The first-order valence-corrected chi connectivity index (χ1v) is 7.47. The van der Waals surface area contributed by atoms with Crippen molar-refractivity contribution in [1.29, 1.82) is 0 Å². The zero-order valence-electron chi connectivity index (χ0n) is 11.2. The molecule has 1 aliphatic heterocycles. The molecule has 1 heterocycles. The van der Waals surface area contributed by atoms with E-state index in [0.29, 0.717) is 5.69 Å². The molecule has 1 aliphatic rings. The molecule has 21 heavy (non-hydrogen) atoms. The molecule has 6 heteroatoms. The summed E-state index contributed by atoms with van der Waals surface area (Å²) in [6.45, 7) is 1.76. The van der Waals surface area contributed by atoms with Gasteiger partial charge in [0.15, 0.2) is 0 Å². The average molecular weight is 348 g/mol. The highest BCUT2D eigenvalue weighted by Gasteiger charge is 2.17. The van der Waals surface area contributed by atoms with Gasteiger partial charge in [-0.05, 0) is 42.3 Å². The van der Waals surface area contributed by atoms with E-state index in [9.17, 15) is 10.1 Å². The van der Waals surface area contributed by atoms with E-state index in [-0.39, 0.29) is 10.6 Å². The van der Waals surface area contributed by atoms with Crippen molar-refractivity contribution in [3.05, 3.63) is 62.1 Å². The van der Waals surface area contributed by atoms with Crippen LogP contribution >= 0.6 is 15.9 Å². The predicted molar refractivity (Wildman–Crippen MR) is 85.9 cm³/mol. The first kappa shape index (κ1) is 14.0. The summed E-state index contributed by atoms with van der Waals surface area (Å²) < 4.78 is 0.807. The van der Waals surface area contributed by atoms with Gasteiger partial charge in [0.2, 0.25) is 0 Å². The zero-order chi connectivity index (χ0) is 14.8. The highest BCUT2D eigenvalue weighted by atomic mass is 79.9. The molecule has 0 fully saturated rings. The minimum atomic E-state index is -0.369. The Balaban J connectivity index is 2.01. The van der Waals surface area contributed by atoms with Gasteiger partial charge in [-0.15, -0.1) is 0 Å². The fraction of sp³-hybridized carbons (Fsp3) is 0.200. The highest BCUT2D eigenvalue weighted by Crippen LogP contribution is 2.33. The molecule has 0 bridgehead atoms. The van der Waals surface area contributed by atoms with Crippen molar-refractivity contribution in [3.63, 3.8) is 0 Å². The first-order chi connectivity index (χ1) is 10.1. The quantitative estimate of drug-likeness (QED) is 0.655. The lowest BCUT2D eigenvalue weighted by Crippen LogP contribution is -2.24. The van der Waals surface area contributed by atoms with Crippen molar-refractivity contribution in [3.8, 4) is 0 Å². The zero-order valence-corrected chi connectivity index (χ0v) is 12.8. The summed E-state index contributed by atoms with van der Waals surface area (Å²) in [6.07, 6.45) is 0.917. The van der Waals surface area contributed by atoms with Crippen LogP contribution < -0.4 is 10.6 Å². The smallest absolute Gasteiger partial charge is 0.292 e.